The number of nitrogens with one attached hydrogen (secondary N) is 1. The van der Waals surface area contributed by atoms with Gasteiger partial charge in [-0.3, -0.25) is 9.48 Å². The van der Waals surface area contributed by atoms with Gasteiger partial charge in [-0.15, -0.1) is 0 Å². The van der Waals surface area contributed by atoms with Crippen LogP contribution in [0.1, 0.15) is 12.5 Å². The van der Waals surface area contributed by atoms with Crippen LogP contribution in [0.4, 0.5) is 5.69 Å². The van der Waals surface area contributed by atoms with E-state index in [0.717, 1.165) is 4.47 Å². The van der Waals surface area contributed by atoms with Crippen molar-refractivity contribution >= 4 is 39.1 Å². The van der Waals surface area contributed by atoms with Gasteiger partial charge in [0.25, 0.3) is 0 Å². The molecule has 0 bridgehead atoms. The van der Waals surface area contributed by atoms with E-state index in [1.165, 1.54) is 0 Å². The van der Waals surface area contributed by atoms with E-state index in [4.69, 9.17) is 16.9 Å². The highest BCUT2D eigenvalue weighted by Crippen LogP contribution is 2.21. The van der Waals surface area contributed by atoms with E-state index in [-0.39, 0.29) is 11.8 Å². The first-order chi connectivity index (χ1) is 9.99. The smallest absolute Gasteiger partial charge is 0.229 e. The molecular weight excluding hydrogens is 356 g/mol. The fourth-order valence-electron chi connectivity index (χ4n) is 1.78. The summed E-state index contributed by atoms with van der Waals surface area (Å²) in [6, 6.07) is 6.78. The summed E-state index contributed by atoms with van der Waals surface area (Å²) < 4.78 is 2.54. The van der Waals surface area contributed by atoms with E-state index in [9.17, 15) is 4.79 Å². The van der Waals surface area contributed by atoms with Gasteiger partial charge < -0.3 is 5.32 Å². The van der Waals surface area contributed by atoms with Gasteiger partial charge in [0.2, 0.25) is 5.91 Å². The van der Waals surface area contributed by atoms with Crippen LogP contribution in [0.25, 0.3) is 0 Å². The van der Waals surface area contributed by atoms with Crippen LogP contribution in [0.15, 0.2) is 35.1 Å². The van der Waals surface area contributed by atoms with Crippen LogP contribution in [0.5, 0.6) is 0 Å². The predicted octanol–water partition coefficient (Wildman–Crippen LogP) is 3.45. The zero-order valence-electron chi connectivity index (χ0n) is 11.2. The highest BCUT2D eigenvalue weighted by molar-refractivity contribution is 9.10. The Bertz CT molecular complexity index is 707. The molecule has 0 radical (unpaired) electrons. The van der Waals surface area contributed by atoms with Crippen molar-refractivity contribution in [2.75, 3.05) is 5.32 Å². The average Bonchev–Trinajstić information content (AvgIpc) is 2.84. The van der Waals surface area contributed by atoms with Crippen molar-refractivity contribution in [2.45, 2.75) is 13.5 Å². The van der Waals surface area contributed by atoms with E-state index in [1.807, 2.05) is 6.07 Å². The fourth-order valence-corrected chi connectivity index (χ4v) is 2.28. The lowest BCUT2D eigenvalue weighted by molar-refractivity contribution is -0.119. The third-order valence-electron chi connectivity index (χ3n) is 2.87. The molecule has 0 saturated carbocycles. The van der Waals surface area contributed by atoms with Gasteiger partial charge in [-0.05, 0) is 34.1 Å². The van der Waals surface area contributed by atoms with Crippen molar-refractivity contribution in [3.63, 3.8) is 0 Å². The molecule has 0 unspecified atom stereocenters. The Morgan fingerprint density at radius 3 is 3.00 bits per heavy atom. The van der Waals surface area contributed by atoms with E-state index in [1.54, 1.807) is 42.2 Å². The molecule has 0 aliphatic heterocycles. The number of anilines is 1. The fraction of sp³-hybridized carbons (Fsp3) is 0.214. The Morgan fingerprint density at radius 1 is 1.62 bits per heavy atom. The number of hydrogen-bond donors (Lipinski definition) is 1. The molecule has 0 spiro atoms. The third-order valence-corrected chi connectivity index (χ3v) is 3.51. The van der Waals surface area contributed by atoms with Crippen molar-refractivity contribution in [3.05, 3.63) is 45.7 Å². The van der Waals surface area contributed by atoms with Crippen LogP contribution in [-0.4, -0.2) is 15.7 Å². The Kier molecular flexibility index (Phi) is 4.99. The van der Waals surface area contributed by atoms with Crippen molar-refractivity contribution in [1.29, 1.82) is 5.26 Å². The number of nitrogens with zero attached hydrogens (tertiary/aromatic N) is 3. The van der Waals surface area contributed by atoms with Gasteiger partial charge in [0.05, 0.1) is 34.4 Å². The van der Waals surface area contributed by atoms with Crippen LogP contribution in [-0.2, 0) is 11.3 Å². The van der Waals surface area contributed by atoms with Gasteiger partial charge in [0.1, 0.15) is 6.07 Å². The van der Waals surface area contributed by atoms with Gasteiger partial charge in [-0.25, -0.2) is 0 Å². The first-order valence-electron chi connectivity index (χ1n) is 6.18. The molecule has 21 heavy (non-hydrogen) atoms. The number of nitriles is 1. The SMILES string of the molecule is C[C@@H](Cn1cc(Br)cn1)C(=O)Nc1cc(Cl)ccc1C#N. The zero-order valence-corrected chi connectivity index (χ0v) is 13.5. The largest absolute Gasteiger partial charge is 0.325 e. The van der Waals surface area contributed by atoms with Crippen LogP contribution in [0, 0.1) is 17.2 Å². The first kappa shape index (κ1) is 15.5. The number of benzene rings is 1. The lowest BCUT2D eigenvalue weighted by atomic mass is 10.1. The molecule has 1 aromatic heterocycles. The van der Waals surface area contributed by atoms with Crippen LogP contribution < -0.4 is 5.32 Å². The molecule has 1 amide bonds. The molecule has 1 aromatic carbocycles. The zero-order chi connectivity index (χ0) is 15.4. The molecule has 1 N–H and O–H groups in total. The number of rotatable bonds is 4. The van der Waals surface area contributed by atoms with Crippen LogP contribution >= 0.6 is 27.5 Å². The van der Waals surface area contributed by atoms with Gasteiger partial charge in [0.15, 0.2) is 0 Å². The van der Waals surface area contributed by atoms with Crippen LogP contribution in [0.2, 0.25) is 5.02 Å². The Hall–Kier alpha value is -1.84. The molecular formula is C14H12BrClN4O. The Balaban J connectivity index is 2.07. The molecule has 2 aromatic rings. The minimum Gasteiger partial charge on any atom is -0.325 e. The number of amides is 1. The molecule has 0 aliphatic rings. The van der Waals surface area contributed by atoms with Crippen molar-refractivity contribution in [3.8, 4) is 6.07 Å². The second-order valence-corrected chi connectivity index (χ2v) is 5.92. The lowest BCUT2D eigenvalue weighted by Crippen LogP contribution is -2.25. The molecule has 7 heteroatoms. The maximum atomic E-state index is 12.2. The summed E-state index contributed by atoms with van der Waals surface area (Å²) in [5.41, 5.74) is 0.797. The quantitative estimate of drug-likeness (QED) is 0.900. The molecule has 0 fully saturated rings. The van der Waals surface area contributed by atoms with Crippen molar-refractivity contribution < 1.29 is 4.79 Å². The summed E-state index contributed by atoms with van der Waals surface area (Å²) in [5, 5.41) is 16.3. The first-order valence-corrected chi connectivity index (χ1v) is 7.35. The average molecular weight is 368 g/mol. The topological polar surface area (TPSA) is 70.7 Å². The lowest BCUT2D eigenvalue weighted by Gasteiger charge is -2.13. The molecule has 1 heterocycles. The van der Waals surface area contributed by atoms with E-state index in [0.29, 0.717) is 22.8 Å². The minimum absolute atomic E-state index is 0.194. The number of hydrogen-bond acceptors (Lipinski definition) is 3. The summed E-state index contributed by atoms with van der Waals surface area (Å²) in [6.07, 6.45) is 3.46. The van der Waals surface area contributed by atoms with Gasteiger partial charge >= 0.3 is 0 Å². The van der Waals surface area contributed by atoms with E-state index >= 15 is 0 Å². The minimum atomic E-state index is -0.303. The standard InChI is InChI=1S/C14H12BrClN4O/c1-9(7-20-8-11(15)6-18-20)14(21)19-13-4-12(16)3-2-10(13)5-17/h2-4,6,8-9H,7H2,1H3,(H,19,21)/t9-/m0/s1. The predicted molar refractivity (Wildman–Crippen MR) is 83.9 cm³/mol. The van der Waals surface area contributed by atoms with E-state index < -0.39 is 0 Å². The normalized spacial score (nSPS) is 11.7. The molecule has 0 saturated heterocycles. The Morgan fingerprint density at radius 2 is 2.38 bits per heavy atom. The number of halogens is 2. The number of carbonyl (C=O) groups is 1. The summed E-state index contributed by atoms with van der Waals surface area (Å²) in [6.45, 7) is 2.24. The monoisotopic (exact) mass is 366 g/mol. The molecule has 108 valence electrons. The number of carbonyl (C=O) groups excluding carboxylic acids is 1. The summed E-state index contributed by atoms with van der Waals surface area (Å²) in [7, 11) is 0. The third kappa shape index (κ3) is 4.06. The van der Waals surface area contributed by atoms with Gasteiger partial charge in [0, 0.05) is 11.2 Å². The summed E-state index contributed by atoms with van der Waals surface area (Å²) in [4.78, 5) is 12.2. The van der Waals surface area contributed by atoms with Gasteiger partial charge in [-0.1, -0.05) is 18.5 Å². The number of aromatic nitrogens is 2. The van der Waals surface area contributed by atoms with E-state index in [2.05, 4.69) is 26.3 Å². The van der Waals surface area contributed by atoms with Crippen molar-refractivity contribution in [1.82, 2.24) is 9.78 Å². The van der Waals surface area contributed by atoms with Crippen LogP contribution in [0.3, 0.4) is 0 Å². The second kappa shape index (κ2) is 6.74. The van der Waals surface area contributed by atoms with Crippen molar-refractivity contribution in [2.24, 2.45) is 5.92 Å². The second-order valence-electron chi connectivity index (χ2n) is 4.57. The molecule has 5 nitrogen and oxygen atoms in total. The summed E-state index contributed by atoms with van der Waals surface area (Å²) in [5.74, 6) is -0.497. The maximum Gasteiger partial charge on any atom is 0.229 e. The maximum absolute atomic E-state index is 12.2. The summed E-state index contributed by atoms with van der Waals surface area (Å²) >= 11 is 9.19. The molecule has 0 aliphatic carbocycles. The molecule has 1 atom stereocenters. The van der Waals surface area contributed by atoms with Gasteiger partial charge in [-0.2, -0.15) is 10.4 Å². The highest BCUT2D eigenvalue weighted by atomic mass is 79.9. The molecule has 2 rings (SSSR count). The Labute approximate surface area is 135 Å². The highest BCUT2D eigenvalue weighted by Gasteiger charge is 2.16.